The average Bonchev–Trinajstić information content (AvgIpc) is 2.47. The van der Waals surface area contributed by atoms with Crippen LogP contribution in [-0.4, -0.2) is 42.4 Å². The van der Waals surface area contributed by atoms with Crippen LogP contribution in [0.15, 0.2) is 29.2 Å². The fourth-order valence-corrected chi connectivity index (χ4v) is 4.24. The standard InChI is InChI=1S/C16H25N3S/c1-18-10-6-16(7-11-18)8-12-19(13-9-16)20-15-4-2-14(17)3-5-15/h2-5H,6-13,17H2,1H3. The Morgan fingerprint density at radius 2 is 1.50 bits per heavy atom. The molecule has 2 fully saturated rings. The summed E-state index contributed by atoms with van der Waals surface area (Å²) in [6.07, 6.45) is 5.51. The second-order valence-corrected chi connectivity index (χ2v) is 7.56. The van der Waals surface area contributed by atoms with Crippen LogP contribution in [0.4, 0.5) is 5.69 Å². The first kappa shape index (κ1) is 14.2. The lowest BCUT2D eigenvalue weighted by Gasteiger charge is -2.45. The topological polar surface area (TPSA) is 32.5 Å². The number of likely N-dealkylation sites (tertiary alicyclic amines) is 1. The maximum absolute atomic E-state index is 5.74. The van der Waals surface area contributed by atoms with E-state index in [1.54, 1.807) is 0 Å². The zero-order chi connectivity index (χ0) is 14.0. The van der Waals surface area contributed by atoms with Gasteiger partial charge in [0.1, 0.15) is 0 Å². The maximum Gasteiger partial charge on any atom is 0.0314 e. The van der Waals surface area contributed by atoms with E-state index in [0.29, 0.717) is 5.41 Å². The van der Waals surface area contributed by atoms with Gasteiger partial charge in [0.05, 0.1) is 0 Å². The highest BCUT2D eigenvalue weighted by Gasteiger charge is 2.36. The molecule has 0 bridgehead atoms. The van der Waals surface area contributed by atoms with Crippen LogP contribution in [0.25, 0.3) is 0 Å². The van der Waals surface area contributed by atoms with Crippen LogP contribution in [0.3, 0.4) is 0 Å². The molecule has 0 aromatic heterocycles. The molecule has 110 valence electrons. The maximum atomic E-state index is 5.74. The first-order valence-electron chi connectivity index (χ1n) is 7.62. The van der Waals surface area contributed by atoms with E-state index in [0.717, 1.165) is 5.69 Å². The minimum Gasteiger partial charge on any atom is -0.399 e. The molecule has 2 N–H and O–H groups in total. The summed E-state index contributed by atoms with van der Waals surface area (Å²) in [4.78, 5) is 3.78. The van der Waals surface area contributed by atoms with Gasteiger partial charge in [-0.25, -0.2) is 4.31 Å². The molecule has 4 heteroatoms. The summed E-state index contributed by atoms with van der Waals surface area (Å²) in [6.45, 7) is 5.01. The number of nitrogens with two attached hydrogens (primary N) is 1. The van der Waals surface area contributed by atoms with Crippen LogP contribution in [0.2, 0.25) is 0 Å². The van der Waals surface area contributed by atoms with Crippen LogP contribution in [0, 0.1) is 5.41 Å². The van der Waals surface area contributed by atoms with Crippen molar-refractivity contribution in [1.82, 2.24) is 9.21 Å². The fraction of sp³-hybridized carbons (Fsp3) is 0.625. The van der Waals surface area contributed by atoms with Gasteiger partial charge in [0, 0.05) is 23.7 Å². The molecule has 0 aliphatic carbocycles. The number of piperidine rings is 2. The molecule has 20 heavy (non-hydrogen) atoms. The summed E-state index contributed by atoms with van der Waals surface area (Å²) in [5, 5.41) is 0. The van der Waals surface area contributed by atoms with Crippen molar-refractivity contribution in [3.05, 3.63) is 24.3 Å². The molecule has 0 saturated carbocycles. The molecule has 1 spiro atoms. The number of rotatable bonds is 2. The van der Waals surface area contributed by atoms with Crippen molar-refractivity contribution in [3.8, 4) is 0 Å². The Kier molecular flexibility index (Phi) is 4.24. The smallest absolute Gasteiger partial charge is 0.0314 e. The van der Waals surface area contributed by atoms with Crippen molar-refractivity contribution in [2.24, 2.45) is 5.41 Å². The Bertz CT molecular complexity index is 428. The molecule has 3 rings (SSSR count). The van der Waals surface area contributed by atoms with Gasteiger partial charge in [-0.1, -0.05) is 0 Å². The van der Waals surface area contributed by atoms with Gasteiger partial charge < -0.3 is 10.6 Å². The Balaban J connectivity index is 1.52. The van der Waals surface area contributed by atoms with Crippen LogP contribution in [0.5, 0.6) is 0 Å². The highest BCUT2D eigenvalue weighted by molar-refractivity contribution is 7.97. The summed E-state index contributed by atoms with van der Waals surface area (Å²) in [5.74, 6) is 0. The molecule has 1 aromatic rings. The largest absolute Gasteiger partial charge is 0.399 e. The van der Waals surface area contributed by atoms with Crippen LogP contribution in [-0.2, 0) is 0 Å². The first-order valence-corrected chi connectivity index (χ1v) is 8.40. The number of benzene rings is 1. The highest BCUT2D eigenvalue weighted by Crippen LogP contribution is 2.42. The predicted octanol–water partition coefficient (Wildman–Crippen LogP) is 3.08. The molecule has 2 saturated heterocycles. The molecule has 3 nitrogen and oxygen atoms in total. The lowest BCUT2D eigenvalue weighted by molar-refractivity contribution is 0.0696. The van der Waals surface area contributed by atoms with Crippen LogP contribution < -0.4 is 5.73 Å². The monoisotopic (exact) mass is 291 g/mol. The normalized spacial score (nSPS) is 24.1. The van der Waals surface area contributed by atoms with Crippen molar-refractivity contribution in [3.63, 3.8) is 0 Å². The fourth-order valence-electron chi connectivity index (χ4n) is 3.32. The lowest BCUT2D eigenvalue weighted by Crippen LogP contribution is -2.44. The van der Waals surface area contributed by atoms with Gasteiger partial charge in [-0.15, -0.1) is 0 Å². The third-order valence-corrected chi connectivity index (χ3v) is 6.05. The Labute approximate surface area is 126 Å². The van der Waals surface area contributed by atoms with Gasteiger partial charge in [-0.2, -0.15) is 0 Å². The van der Waals surface area contributed by atoms with Gasteiger partial charge in [0.25, 0.3) is 0 Å². The van der Waals surface area contributed by atoms with E-state index < -0.39 is 0 Å². The SMILES string of the molecule is CN1CCC2(CC1)CCN(Sc1ccc(N)cc1)CC2. The Morgan fingerprint density at radius 1 is 0.950 bits per heavy atom. The second-order valence-electron chi connectivity index (χ2n) is 6.39. The highest BCUT2D eigenvalue weighted by atomic mass is 32.2. The number of hydrogen-bond acceptors (Lipinski definition) is 4. The zero-order valence-corrected chi connectivity index (χ0v) is 13.2. The van der Waals surface area contributed by atoms with E-state index in [9.17, 15) is 0 Å². The molecule has 2 aliphatic rings. The second kappa shape index (κ2) is 5.96. The lowest BCUT2D eigenvalue weighted by atomic mass is 9.72. The number of nitrogen functional groups attached to an aromatic ring is 1. The van der Waals surface area contributed by atoms with Crippen molar-refractivity contribution in [2.45, 2.75) is 30.6 Å². The molecule has 0 amide bonds. The number of hydrogen-bond donors (Lipinski definition) is 1. The summed E-state index contributed by atoms with van der Waals surface area (Å²) in [5.41, 5.74) is 7.23. The van der Waals surface area contributed by atoms with Gasteiger partial charge in [0.15, 0.2) is 0 Å². The molecule has 2 aliphatic heterocycles. The summed E-state index contributed by atoms with van der Waals surface area (Å²) in [6, 6.07) is 8.23. The summed E-state index contributed by atoms with van der Waals surface area (Å²) in [7, 11) is 2.25. The van der Waals surface area contributed by atoms with Crippen molar-refractivity contribution >= 4 is 17.6 Å². The minimum atomic E-state index is 0.644. The summed E-state index contributed by atoms with van der Waals surface area (Å²) >= 11 is 1.89. The molecule has 0 radical (unpaired) electrons. The van der Waals surface area contributed by atoms with E-state index in [2.05, 4.69) is 28.4 Å². The van der Waals surface area contributed by atoms with E-state index in [-0.39, 0.29) is 0 Å². The van der Waals surface area contributed by atoms with Crippen molar-refractivity contribution in [1.29, 1.82) is 0 Å². The quantitative estimate of drug-likeness (QED) is 0.670. The van der Waals surface area contributed by atoms with E-state index in [4.69, 9.17) is 5.73 Å². The van der Waals surface area contributed by atoms with Crippen LogP contribution >= 0.6 is 11.9 Å². The van der Waals surface area contributed by atoms with E-state index in [1.807, 2.05) is 24.1 Å². The molecule has 1 aromatic carbocycles. The molecular formula is C16H25N3S. The molecule has 0 unspecified atom stereocenters. The van der Waals surface area contributed by atoms with Crippen LogP contribution in [0.1, 0.15) is 25.7 Å². The zero-order valence-electron chi connectivity index (χ0n) is 12.3. The molecular weight excluding hydrogens is 266 g/mol. The molecule has 2 heterocycles. The third-order valence-electron chi connectivity index (χ3n) is 4.95. The van der Waals surface area contributed by atoms with Crippen molar-refractivity contribution in [2.75, 3.05) is 39.0 Å². The van der Waals surface area contributed by atoms with Gasteiger partial charge in [-0.3, -0.25) is 0 Å². The van der Waals surface area contributed by atoms with Gasteiger partial charge >= 0.3 is 0 Å². The summed E-state index contributed by atoms with van der Waals surface area (Å²) < 4.78 is 2.52. The van der Waals surface area contributed by atoms with Crippen molar-refractivity contribution < 1.29 is 0 Å². The Morgan fingerprint density at radius 3 is 2.10 bits per heavy atom. The molecule has 0 atom stereocenters. The van der Waals surface area contributed by atoms with E-state index in [1.165, 1.54) is 56.8 Å². The first-order chi connectivity index (χ1) is 9.65. The van der Waals surface area contributed by atoms with Gasteiger partial charge in [-0.05, 0) is 87.4 Å². The minimum absolute atomic E-state index is 0.644. The van der Waals surface area contributed by atoms with Gasteiger partial charge in [0.2, 0.25) is 0 Å². The number of anilines is 1. The predicted molar refractivity (Wildman–Crippen MR) is 86.7 cm³/mol. The van der Waals surface area contributed by atoms with E-state index >= 15 is 0 Å². The Hall–Kier alpha value is -0.710. The third kappa shape index (κ3) is 3.30. The number of nitrogens with zero attached hydrogens (tertiary/aromatic N) is 2. The average molecular weight is 291 g/mol.